The number of anilines is 2. The number of carbonyl (C=O) groups is 1. The van der Waals surface area contributed by atoms with Gasteiger partial charge in [-0.3, -0.25) is 4.79 Å². The van der Waals surface area contributed by atoms with Crippen LogP contribution in [0.5, 0.6) is 5.75 Å². The minimum atomic E-state index is 0. The molecule has 0 unspecified atom stereocenters. The summed E-state index contributed by atoms with van der Waals surface area (Å²) in [5.41, 5.74) is 4.27. The Morgan fingerprint density at radius 3 is 2.82 bits per heavy atom. The van der Waals surface area contributed by atoms with Crippen molar-refractivity contribution in [2.75, 3.05) is 45.2 Å². The van der Waals surface area contributed by atoms with E-state index in [0.29, 0.717) is 24.5 Å². The van der Waals surface area contributed by atoms with Gasteiger partial charge in [0.25, 0.3) is 5.91 Å². The van der Waals surface area contributed by atoms with Crippen LogP contribution in [-0.2, 0) is 6.42 Å². The van der Waals surface area contributed by atoms with E-state index in [1.807, 2.05) is 59.5 Å². The topological polar surface area (TPSA) is 70.6 Å². The van der Waals surface area contributed by atoms with Gasteiger partial charge < -0.3 is 19.9 Å². The average Bonchev–Trinajstić information content (AvgIpc) is 2.84. The molecule has 170 valence electrons. The van der Waals surface area contributed by atoms with Crippen molar-refractivity contribution >= 4 is 17.5 Å². The van der Waals surface area contributed by atoms with Crippen LogP contribution in [0.15, 0.2) is 66.9 Å². The predicted molar refractivity (Wildman–Crippen MR) is 131 cm³/mol. The van der Waals surface area contributed by atoms with Crippen molar-refractivity contribution < 1.29 is 11.0 Å². The van der Waals surface area contributed by atoms with Gasteiger partial charge >= 0.3 is 0 Å². The van der Waals surface area contributed by atoms with Crippen molar-refractivity contribution in [1.29, 1.82) is 0 Å². The summed E-state index contributed by atoms with van der Waals surface area (Å²) in [5.74, 6) is 1.34. The number of ether oxygens (including phenoxy) is 1. The fourth-order valence-electron chi connectivity index (χ4n) is 4.08. The number of allylic oxidation sites excluding steroid dienone is 1. The summed E-state index contributed by atoms with van der Waals surface area (Å²) in [5, 5.41) is 3.31. The van der Waals surface area contributed by atoms with Gasteiger partial charge in [0.15, 0.2) is 0 Å². The van der Waals surface area contributed by atoms with E-state index >= 15 is 0 Å². The third-order valence-corrected chi connectivity index (χ3v) is 5.94. The molecule has 1 N–H and O–H groups in total. The number of amides is 1. The van der Waals surface area contributed by atoms with Gasteiger partial charge in [0.05, 0.1) is 5.69 Å². The molecule has 1 aromatic heterocycles. The number of hydrogen-bond acceptors (Lipinski definition) is 6. The van der Waals surface area contributed by atoms with Crippen LogP contribution >= 0.6 is 0 Å². The smallest absolute Gasteiger partial charge is 0.254 e. The molecule has 2 aromatic carbocycles. The lowest BCUT2D eigenvalue weighted by Gasteiger charge is -2.32. The van der Waals surface area contributed by atoms with Crippen molar-refractivity contribution in [2.24, 2.45) is 0 Å². The minimum absolute atomic E-state index is 0. The van der Waals surface area contributed by atoms with Crippen molar-refractivity contribution in [3.05, 3.63) is 78.0 Å². The number of piperazine rings is 1. The molecule has 33 heavy (non-hydrogen) atoms. The Balaban J connectivity index is 0.00000274. The van der Waals surface area contributed by atoms with Crippen LogP contribution < -0.4 is 10.1 Å². The van der Waals surface area contributed by atoms with E-state index in [1.165, 1.54) is 0 Å². The van der Waals surface area contributed by atoms with E-state index in [2.05, 4.69) is 33.3 Å². The summed E-state index contributed by atoms with van der Waals surface area (Å²) in [6, 6.07) is 15.7. The molecule has 2 aliphatic rings. The Morgan fingerprint density at radius 1 is 1.06 bits per heavy atom. The highest BCUT2D eigenvalue weighted by Crippen LogP contribution is 2.25. The van der Waals surface area contributed by atoms with Crippen LogP contribution in [0.3, 0.4) is 0 Å². The van der Waals surface area contributed by atoms with Crippen molar-refractivity contribution in [3.8, 4) is 17.0 Å². The highest BCUT2D eigenvalue weighted by Gasteiger charge is 2.21. The molecular formula is C26H29N5O2. The monoisotopic (exact) mass is 443 g/mol. The number of carbonyl (C=O) groups excluding carboxylic acids is 1. The Labute approximate surface area is 195 Å². The summed E-state index contributed by atoms with van der Waals surface area (Å²) < 4.78 is 5.89. The highest BCUT2D eigenvalue weighted by molar-refractivity contribution is 5.95. The lowest BCUT2D eigenvalue weighted by atomic mass is 10.0. The van der Waals surface area contributed by atoms with E-state index in [1.54, 1.807) is 6.20 Å². The zero-order chi connectivity index (χ0) is 22.6. The zero-order valence-electron chi connectivity index (χ0n) is 18.7. The first-order chi connectivity index (χ1) is 16.1. The number of aromatic nitrogens is 2. The summed E-state index contributed by atoms with van der Waals surface area (Å²) >= 11 is 0. The van der Waals surface area contributed by atoms with Crippen LogP contribution in [0, 0.1) is 0 Å². The fourth-order valence-corrected chi connectivity index (χ4v) is 4.08. The van der Waals surface area contributed by atoms with Gasteiger partial charge in [0, 0.05) is 50.6 Å². The Hall–Kier alpha value is -3.71. The lowest BCUT2D eigenvalue weighted by molar-refractivity contribution is 0.0664. The van der Waals surface area contributed by atoms with Gasteiger partial charge in [0.1, 0.15) is 12.4 Å². The number of hydrogen-bond donors (Lipinski definition) is 1. The SMILES string of the molecule is CN1CCN(C(=O)c2cc3cc(c2)Nc2nccc(n2)-c2cccc(c2)OC/C=C/C3)CC1.[HH]. The number of nitrogens with one attached hydrogen (secondary N) is 1. The van der Waals surface area contributed by atoms with Crippen LogP contribution in [-0.4, -0.2) is 65.5 Å². The number of nitrogens with zero attached hydrogens (tertiary/aromatic N) is 4. The van der Waals surface area contributed by atoms with Crippen LogP contribution in [0.25, 0.3) is 11.3 Å². The highest BCUT2D eigenvalue weighted by atomic mass is 16.5. The molecule has 5 rings (SSSR count). The second-order valence-corrected chi connectivity index (χ2v) is 8.42. The van der Waals surface area contributed by atoms with Crippen molar-refractivity contribution in [2.45, 2.75) is 6.42 Å². The maximum Gasteiger partial charge on any atom is 0.254 e. The van der Waals surface area contributed by atoms with Gasteiger partial charge in [-0.1, -0.05) is 24.3 Å². The van der Waals surface area contributed by atoms with Crippen LogP contribution in [0.2, 0.25) is 0 Å². The molecule has 7 nitrogen and oxygen atoms in total. The third-order valence-electron chi connectivity index (χ3n) is 5.94. The summed E-state index contributed by atoms with van der Waals surface area (Å²) in [7, 11) is 2.09. The molecule has 1 amide bonds. The van der Waals surface area contributed by atoms with E-state index < -0.39 is 0 Å². The molecule has 0 atom stereocenters. The molecule has 0 saturated carbocycles. The molecule has 7 heteroatoms. The molecular weight excluding hydrogens is 414 g/mol. The first kappa shape index (κ1) is 21.2. The number of rotatable bonds is 1. The van der Waals surface area contributed by atoms with Gasteiger partial charge in [-0.05, 0) is 55.4 Å². The minimum Gasteiger partial charge on any atom is -0.490 e. The largest absolute Gasteiger partial charge is 0.490 e. The van der Waals surface area contributed by atoms with Gasteiger partial charge in [-0.25, -0.2) is 9.97 Å². The quantitative estimate of drug-likeness (QED) is 0.573. The summed E-state index contributed by atoms with van der Waals surface area (Å²) in [6.45, 7) is 3.73. The summed E-state index contributed by atoms with van der Waals surface area (Å²) in [4.78, 5) is 26.5. The van der Waals surface area contributed by atoms with Crippen LogP contribution in [0.4, 0.5) is 11.6 Å². The molecule has 3 heterocycles. The number of benzene rings is 2. The number of fused-ring (bicyclic) bond motifs is 7. The Kier molecular flexibility index (Phi) is 6.04. The van der Waals surface area contributed by atoms with E-state index in [9.17, 15) is 4.79 Å². The first-order valence-corrected chi connectivity index (χ1v) is 11.2. The molecule has 6 bridgehead atoms. The average molecular weight is 444 g/mol. The first-order valence-electron chi connectivity index (χ1n) is 11.2. The zero-order valence-corrected chi connectivity index (χ0v) is 18.7. The maximum atomic E-state index is 13.3. The molecule has 0 spiro atoms. The van der Waals surface area contributed by atoms with Crippen molar-refractivity contribution in [3.63, 3.8) is 0 Å². The van der Waals surface area contributed by atoms with Gasteiger partial charge in [-0.15, -0.1) is 0 Å². The molecule has 1 fully saturated rings. The molecule has 3 aromatic rings. The molecule has 0 radical (unpaired) electrons. The summed E-state index contributed by atoms with van der Waals surface area (Å²) in [6.07, 6.45) is 6.51. The number of likely N-dealkylation sites (N-methyl/N-ethyl adjacent to an activating group) is 1. The predicted octanol–water partition coefficient (Wildman–Crippen LogP) is 4.01. The maximum absolute atomic E-state index is 13.3. The molecule has 2 aliphatic heterocycles. The van der Waals surface area contributed by atoms with Crippen LogP contribution in [0.1, 0.15) is 17.3 Å². The standard InChI is InChI=1S/C26H27N5O2.H2/c1-30-10-12-31(13-11-30)25(32)21-15-19-5-2-3-14-33-23-7-4-6-20(18-23)24-8-9-27-26(29-24)28-22(16-19)17-21;/h2-4,6-9,15-18H,5,10-14H2,1H3,(H,27,28,29);1H/b3-2+;. The Bertz CT molecular complexity index is 1190. The second-order valence-electron chi connectivity index (χ2n) is 8.42. The van der Waals surface area contributed by atoms with E-state index in [4.69, 9.17) is 4.74 Å². The fraction of sp³-hybridized carbons (Fsp3) is 0.269. The second kappa shape index (κ2) is 9.42. The van der Waals surface area contributed by atoms with E-state index in [0.717, 1.165) is 54.4 Å². The van der Waals surface area contributed by atoms with Gasteiger partial charge in [-0.2, -0.15) is 0 Å². The van der Waals surface area contributed by atoms with Gasteiger partial charge in [0.2, 0.25) is 5.95 Å². The third kappa shape index (κ3) is 5.04. The van der Waals surface area contributed by atoms with Crippen molar-refractivity contribution in [1.82, 2.24) is 19.8 Å². The molecule has 0 aliphatic carbocycles. The molecule has 1 saturated heterocycles. The Morgan fingerprint density at radius 2 is 1.94 bits per heavy atom. The normalized spacial score (nSPS) is 17.2. The lowest BCUT2D eigenvalue weighted by Crippen LogP contribution is -2.47. The van der Waals surface area contributed by atoms with E-state index in [-0.39, 0.29) is 7.33 Å².